The Kier molecular flexibility index (Phi) is 4.88. The van der Waals surface area contributed by atoms with E-state index in [1.54, 1.807) is 0 Å². The van der Waals surface area contributed by atoms with Crippen LogP contribution in [0.25, 0.3) is 22.2 Å². The zero-order valence-corrected chi connectivity index (χ0v) is 16.5. The van der Waals surface area contributed by atoms with Crippen molar-refractivity contribution in [1.82, 2.24) is 9.88 Å². The highest BCUT2D eigenvalue weighted by Gasteiger charge is 2.25. The Balaban J connectivity index is 1.89. The van der Waals surface area contributed by atoms with Crippen molar-refractivity contribution in [2.24, 2.45) is 5.92 Å². The lowest BCUT2D eigenvalue weighted by atomic mass is 9.97. The van der Waals surface area contributed by atoms with Crippen molar-refractivity contribution in [3.05, 3.63) is 64.7 Å². The molecule has 1 fully saturated rings. The van der Waals surface area contributed by atoms with E-state index in [0.717, 1.165) is 41.7 Å². The van der Waals surface area contributed by atoms with Crippen LogP contribution in [0.2, 0.25) is 5.02 Å². The number of amides is 1. The van der Waals surface area contributed by atoms with E-state index in [2.05, 4.69) is 19.9 Å². The van der Waals surface area contributed by atoms with Crippen molar-refractivity contribution >= 4 is 28.4 Å². The number of nitrogens with zero attached hydrogens (tertiary/aromatic N) is 2. The van der Waals surface area contributed by atoms with Gasteiger partial charge in [0.2, 0.25) is 0 Å². The number of carbonyl (C=O) groups excluding carboxylic acids is 1. The number of likely N-dealkylation sites (tertiary alicyclic amines) is 1. The maximum Gasteiger partial charge on any atom is 0.254 e. The number of hydrogen-bond donors (Lipinski definition) is 0. The number of aryl methyl sites for hydroxylation is 1. The molecule has 1 aliphatic rings. The molecule has 2 heterocycles. The molecule has 4 heteroatoms. The fourth-order valence-corrected chi connectivity index (χ4v) is 4.15. The number of para-hydroxylation sites is 1. The fourth-order valence-electron chi connectivity index (χ4n) is 3.93. The van der Waals surface area contributed by atoms with Gasteiger partial charge in [0.05, 0.1) is 21.8 Å². The van der Waals surface area contributed by atoms with E-state index in [1.165, 1.54) is 6.42 Å². The lowest BCUT2D eigenvalue weighted by Crippen LogP contribution is -2.39. The molecule has 3 nitrogen and oxygen atoms in total. The standard InChI is InChI=1S/C23H23ClN2O/c1-15-7-6-12-26(14-15)23(27)19-13-21(17-9-4-3-8-16(17)2)25-22-18(19)10-5-11-20(22)24/h3-5,8-11,13,15H,6-7,12,14H2,1-2H3. The molecule has 1 aromatic heterocycles. The molecule has 0 N–H and O–H groups in total. The number of pyridine rings is 1. The first kappa shape index (κ1) is 18.0. The van der Waals surface area contributed by atoms with Gasteiger partial charge in [-0.05, 0) is 43.4 Å². The summed E-state index contributed by atoms with van der Waals surface area (Å²) in [5.41, 5.74) is 4.33. The largest absolute Gasteiger partial charge is 0.338 e. The molecule has 3 aromatic rings. The Morgan fingerprint density at radius 2 is 2.00 bits per heavy atom. The van der Waals surface area contributed by atoms with Crippen LogP contribution in [0, 0.1) is 12.8 Å². The van der Waals surface area contributed by atoms with Gasteiger partial charge in [-0.25, -0.2) is 4.98 Å². The SMILES string of the molecule is Cc1ccccc1-c1cc(C(=O)N2CCCC(C)C2)c2cccc(Cl)c2n1. The summed E-state index contributed by atoms with van der Waals surface area (Å²) < 4.78 is 0. The smallest absolute Gasteiger partial charge is 0.254 e. The summed E-state index contributed by atoms with van der Waals surface area (Å²) in [5.74, 6) is 0.612. The molecule has 1 aliphatic heterocycles. The van der Waals surface area contributed by atoms with Crippen molar-refractivity contribution < 1.29 is 4.79 Å². The first-order valence-corrected chi connectivity index (χ1v) is 9.87. The Bertz CT molecular complexity index is 1010. The zero-order valence-electron chi connectivity index (χ0n) is 15.7. The summed E-state index contributed by atoms with van der Waals surface area (Å²) in [7, 11) is 0. The third-order valence-corrected chi connectivity index (χ3v) is 5.69. The van der Waals surface area contributed by atoms with Gasteiger partial charge in [0.15, 0.2) is 0 Å². The quantitative estimate of drug-likeness (QED) is 0.570. The minimum Gasteiger partial charge on any atom is -0.338 e. The van der Waals surface area contributed by atoms with Gasteiger partial charge in [-0.3, -0.25) is 4.79 Å². The van der Waals surface area contributed by atoms with Gasteiger partial charge in [-0.15, -0.1) is 0 Å². The van der Waals surface area contributed by atoms with Crippen LogP contribution >= 0.6 is 11.6 Å². The molecular weight excluding hydrogens is 356 g/mol. The van der Waals surface area contributed by atoms with E-state index in [4.69, 9.17) is 16.6 Å². The van der Waals surface area contributed by atoms with Gasteiger partial charge in [-0.2, -0.15) is 0 Å². The van der Waals surface area contributed by atoms with Gasteiger partial charge in [-0.1, -0.05) is 54.9 Å². The molecule has 138 valence electrons. The Hall–Kier alpha value is -2.39. The van der Waals surface area contributed by atoms with Crippen molar-refractivity contribution in [3.63, 3.8) is 0 Å². The molecule has 1 atom stereocenters. The van der Waals surface area contributed by atoms with Crippen molar-refractivity contribution in [3.8, 4) is 11.3 Å². The van der Waals surface area contributed by atoms with Crippen LogP contribution in [-0.2, 0) is 0 Å². The molecule has 1 amide bonds. The topological polar surface area (TPSA) is 33.2 Å². The zero-order chi connectivity index (χ0) is 19.0. The average Bonchev–Trinajstić information content (AvgIpc) is 2.67. The second-order valence-corrected chi connectivity index (χ2v) is 7.91. The second-order valence-electron chi connectivity index (χ2n) is 7.50. The lowest BCUT2D eigenvalue weighted by Gasteiger charge is -2.31. The van der Waals surface area contributed by atoms with E-state index < -0.39 is 0 Å². The molecule has 27 heavy (non-hydrogen) atoms. The first-order valence-electron chi connectivity index (χ1n) is 9.49. The number of carbonyl (C=O) groups is 1. The molecule has 0 saturated carbocycles. The van der Waals surface area contributed by atoms with E-state index in [9.17, 15) is 4.79 Å². The van der Waals surface area contributed by atoms with Gasteiger partial charge in [0.1, 0.15) is 0 Å². The van der Waals surface area contributed by atoms with Crippen LogP contribution in [-0.4, -0.2) is 28.9 Å². The summed E-state index contributed by atoms with van der Waals surface area (Å²) in [6.45, 7) is 5.89. The summed E-state index contributed by atoms with van der Waals surface area (Å²) in [6.07, 6.45) is 2.24. The third kappa shape index (κ3) is 3.44. The first-order chi connectivity index (χ1) is 13.0. The predicted molar refractivity (Wildman–Crippen MR) is 111 cm³/mol. The lowest BCUT2D eigenvalue weighted by molar-refractivity contribution is 0.0685. The maximum absolute atomic E-state index is 13.4. The van der Waals surface area contributed by atoms with Crippen LogP contribution in [0.15, 0.2) is 48.5 Å². The highest BCUT2D eigenvalue weighted by atomic mass is 35.5. The van der Waals surface area contributed by atoms with Crippen molar-refractivity contribution in [1.29, 1.82) is 0 Å². The van der Waals surface area contributed by atoms with Crippen LogP contribution in [0.1, 0.15) is 35.7 Å². The summed E-state index contributed by atoms with van der Waals surface area (Å²) in [5, 5.41) is 1.40. The number of fused-ring (bicyclic) bond motifs is 1. The Labute approximate surface area is 165 Å². The van der Waals surface area contributed by atoms with Gasteiger partial charge >= 0.3 is 0 Å². The summed E-state index contributed by atoms with van der Waals surface area (Å²) in [4.78, 5) is 20.2. The second kappa shape index (κ2) is 7.32. The highest BCUT2D eigenvalue weighted by Crippen LogP contribution is 2.31. The number of hydrogen-bond acceptors (Lipinski definition) is 2. The van der Waals surface area contributed by atoms with Crippen LogP contribution < -0.4 is 0 Å². The molecule has 0 radical (unpaired) electrons. The molecule has 2 aromatic carbocycles. The molecule has 0 aliphatic carbocycles. The van der Waals surface area contributed by atoms with Crippen molar-refractivity contribution in [2.45, 2.75) is 26.7 Å². The normalized spacial score (nSPS) is 17.3. The number of aromatic nitrogens is 1. The number of piperidine rings is 1. The van der Waals surface area contributed by atoms with E-state index in [1.807, 2.05) is 47.4 Å². The monoisotopic (exact) mass is 378 g/mol. The molecule has 1 unspecified atom stereocenters. The maximum atomic E-state index is 13.4. The predicted octanol–water partition coefficient (Wildman–Crippen LogP) is 5.74. The number of halogens is 1. The number of rotatable bonds is 2. The Morgan fingerprint density at radius 3 is 2.78 bits per heavy atom. The van der Waals surface area contributed by atoms with E-state index in [-0.39, 0.29) is 5.91 Å². The average molecular weight is 379 g/mol. The van der Waals surface area contributed by atoms with E-state index in [0.29, 0.717) is 22.0 Å². The van der Waals surface area contributed by atoms with Crippen molar-refractivity contribution in [2.75, 3.05) is 13.1 Å². The van der Waals surface area contributed by atoms with Gasteiger partial charge in [0.25, 0.3) is 5.91 Å². The van der Waals surface area contributed by atoms with Crippen LogP contribution in [0.4, 0.5) is 0 Å². The minimum absolute atomic E-state index is 0.0750. The fraction of sp³-hybridized carbons (Fsp3) is 0.304. The summed E-state index contributed by atoms with van der Waals surface area (Å²) >= 11 is 6.45. The van der Waals surface area contributed by atoms with Crippen LogP contribution in [0.5, 0.6) is 0 Å². The van der Waals surface area contributed by atoms with Gasteiger partial charge < -0.3 is 4.90 Å². The minimum atomic E-state index is 0.0750. The highest BCUT2D eigenvalue weighted by molar-refractivity contribution is 6.35. The molecule has 4 rings (SSSR count). The van der Waals surface area contributed by atoms with Gasteiger partial charge in [0, 0.05) is 24.0 Å². The summed E-state index contributed by atoms with van der Waals surface area (Å²) in [6, 6.07) is 15.7. The van der Waals surface area contributed by atoms with Crippen LogP contribution in [0.3, 0.4) is 0 Å². The molecule has 0 spiro atoms. The Morgan fingerprint density at radius 1 is 1.19 bits per heavy atom. The van der Waals surface area contributed by atoms with E-state index >= 15 is 0 Å². The molecular formula is C23H23ClN2O. The molecule has 0 bridgehead atoms. The third-order valence-electron chi connectivity index (χ3n) is 5.39. The molecule has 1 saturated heterocycles. The number of benzene rings is 2.